The molecule has 1 aliphatic carbocycles. The van der Waals surface area contributed by atoms with Gasteiger partial charge in [-0.25, -0.2) is 0 Å². The minimum atomic E-state index is -0.181. The van der Waals surface area contributed by atoms with Crippen LogP contribution in [0.2, 0.25) is 0 Å². The second kappa shape index (κ2) is 12.5. The summed E-state index contributed by atoms with van der Waals surface area (Å²) >= 11 is 0. The summed E-state index contributed by atoms with van der Waals surface area (Å²) in [6, 6.07) is 73.9. The summed E-state index contributed by atoms with van der Waals surface area (Å²) in [5, 5.41) is 10.3. The number of anilines is 3. The van der Waals surface area contributed by atoms with Crippen LogP contribution in [0.4, 0.5) is 17.1 Å². The minimum absolute atomic E-state index is 0.181. The number of rotatable bonds is 5. The lowest BCUT2D eigenvalue weighted by atomic mass is 9.81. The van der Waals surface area contributed by atoms with E-state index in [-0.39, 0.29) is 5.41 Å². The summed E-state index contributed by atoms with van der Waals surface area (Å²) < 4.78 is 0. The summed E-state index contributed by atoms with van der Waals surface area (Å²) in [5.74, 6) is 0. The maximum Gasteiger partial charge on any atom is 0.0508 e. The highest BCUT2D eigenvalue weighted by Gasteiger charge is 2.38. The van der Waals surface area contributed by atoms with Gasteiger partial charge in [-0.15, -0.1) is 0 Å². The molecule has 0 aromatic heterocycles. The first-order valence-electron chi connectivity index (χ1n) is 19.6. The highest BCUT2D eigenvalue weighted by Crippen LogP contribution is 2.54. The third kappa shape index (κ3) is 4.94. The molecule has 1 nitrogen and oxygen atoms in total. The number of nitrogens with zero attached hydrogens (tertiary/aromatic N) is 1. The second-order valence-corrected chi connectivity index (χ2v) is 15.7. The van der Waals surface area contributed by atoms with E-state index in [1.807, 2.05) is 0 Å². The van der Waals surface area contributed by atoms with Crippen LogP contribution in [0.5, 0.6) is 0 Å². The molecule has 0 atom stereocenters. The normalized spacial score (nSPS) is 13.0. The largest absolute Gasteiger partial charge is 0.310 e. The SMILES string of the molecule is CC1(C)c2ccccc2-c2cccc(N(c3cccc(-c4ccccc4)c3)c3cccc(-c4cccc5c4ccc4ccc6ccc7ccccc7c6c45)c3)c21. The Balaban J connectivity index is 1.14. The first-order valence-corrected chi connectivity index (χ1v) is 19.6. The number of fused-ring (bicyclic) bond motifs is 10. The van der Waals surface area contributed by atoms with Crippen LogP contribution in [0.3, 0.4) is 0 Å². The molecule has 0 spiro atoms. The van der Waals surface area contributed by atoms with Gasteiger partial charge in [0.05, 0.1) is 5.69 Å². The van der Waals surface area contributed by atoms with Crippen molar-refractivity contribution < 1.29 is 0 Å². The van der Waals surface area contributed by atoms with E-state index in [0.717, 1.165) is 11.4 Å². The van der Waals surface area contributed by atoms with Gasteiger partial charge < -0.3 is 4.90 Å². The highest BCUT2D eigenvalue weighted by molar-refractivity contribution is 6.28. The fraction of sp³-hybridized carbons (Fsp3) is 0.0545. The van der Waals surface area contributed by atoms with Crippen molar-refractivity contribution in [1.29, 1.82) is 0 Å². The lowest BCUT2D eigenvalue weighted by Gasteiger charge is -2.32. The highest BCUT2D eigenvalue weighted by atomic mass is 15.1. The summed E-state index contributed by atoms with van der Waals surface area (Å²) in [6.07, 6.45) is 0. The van der Waals surface area contributed by atoms with E-state index < -0.39 is 0 Å². The van der Waals surface area contributed by atoms with Gasteiger partial charge in [0.2, 0.25) is 0 Å². The first kappa shape index (κ1) is 32.5. The lowest BCUT2D eigenvalue weighted by molar-refractivity contribution is 0.661. The molecule has 0 amide bonds. The van der Waals surface area contributed by atoms with Gasteiger partial charge in [-0.1, -0.05) is 184 Å². The van der Waals surface area contributed by atoms with E-state index in [2.05, 4.69) is 219 Å². The zero-order valence-electron chi connectivity index (χ0n) is 31.5. The molecule has 0 radical (unpaired) electrons. The van der Waals surface area contributed by atoms with E-state index in [1.165, 1.54) is 93.3 Å². The van der Waals surface area contributed by atoms with Gasteiger partial charge in [0.15, 0.2) is 0 Å². The average molecular weight is 714 g/mol. The zero-order chi connectivity index (χ0) is 37.4. The molecule has 0 aliphatic heterocycles. The standard InChI is InChI=1S/C55H39N/c1-55(2)50-26-9-8-22-47(50)49-25-13-27-51(54(49)55)56(42-19-10-17-40(34-42)36-14-4-3-5-15-36)43-20-11-18-41(35-43)44-23-12-24-48-46(44)33-32-39-31-30-38-29-28-37-16-6-7-21-45(37)52(38)53(39)48/h3-35H,1-2H3. The van der Waals surface area contributed by atoms with E-state index in [4.69, 9.17) is 0 Å². The first-order chi connectivity index (χ1) is 27.5. The Labute approximate surface area is 327 Å². The molecule has 56 heavy (non-hydrogen) atoms. The molecule has 1 aliphatic rings. The molecular weight excluding hydrogens is 675 g/mol. The van der Waals surface area contributed by atoms with Crippen LogP contribution in [0.25, 0.3) is 76.5 Å². The summed E-state index contributed by atoms with van der Waals surface area (Å²) in [4.78, 5) is 2.49. The smallest absolute Gasteiger partial charge is 0.0508 e. The summed E-state index contributed by atoms with van der Waals surface area (Å²) in [5.41, 5.74) is 13.5. The van der Waals surface area contributed by atoms with Crippen LogP contribution in [0.1, 0.15) is 25.0 Å². The van der Waals surface area contributed by atoms with Crippen LogP contribution in [-0.4, -0.2) is 0 Å². The van der Waals surface area contributed by atoms with Gasteiger partial charge in [0.1, 0.15) is 0 Å². The van der Waals surface area contributed by atoms with Gasteiger partial charge in [0.25, 0.3) is 0 Å². The molecule has 0 saturated heterocycles. The molecule has 10 aromatic carbocycles. The van der Waals surface area contributed by atoms with Crippen molar-refractivity contribution in [2.45, 2.75) is 19.3 Å². The number of hydrogen-bond acceptors (Lipinski definition) is 1. The van der Waals surface area contributed by atoms with Crippen LogP contribution < -0.4 is 4.90 Å². The molecule has 0 bridgehead atoms. The van der Waals surface area contributed by atoms with Crippen LogP contribution in [-0.2, 0) is 5.41 Å². The van der Waals surface area contributed by atoms with Gasteiger partial charge in [-0.2, -0.15) is 0 Å². The van der Waals surface area contributed by atoms with E-state index >= 15 is 0 Å². The van der Waals surface area contributed by atoms with Crippen molar-refractivity contribution in [2.24, 2.45) is 0 Å². The molecule has 0 N–H and O–H groups in total. The quantitative estimate of drug-likeness (QED) is 0.161. The summed E-state index contributed by atoms with van der Waals surface area (Å²) in [6.45, 7) is 4.76. The molecule has 0 saturated carbocycles. The van der Waals surface area contributed by atoms with Crippen molar-refractivity contribution in [2.75, 3.05) is 4.90 Å². The molecule has 11 rings (SSSR count). The maximum atomic E-state index is 2.49. The molecule has 0 unspecified atom stereocenters. The Bertz CT molecular complexity index is 3170. The van der Waals surface area contributed by atoms with E-state index in [1.54, 1.807) is 0 Å². The molecule has 1 heteroatoms. The molecular formula is C55H39N. The topological polar surface area (TPSA) is 3.24 Å². The average Bonchev–Trinajstić information content (AvgIpc) is 3.50. The molecule has 0 fully saturated rings. The number of hydrogen-bond donors (Lipinski definition) is 0. The second-order valence-electron chi connectivity index (χ2n) is 15.7. The Morgan fingerprint density at radius 3 is 1.73 bits per heavy atom. The Morgan fingerprint density at radius 2 is 0.911 bits per heavy atom. The van der Waals surface area contributed by atoms with Crippen molar-refractivity contribution in [3.63, 3.8) is 0 Å². The maximum absolute atomic E-state index is 2.49. The summed E-state index contributed by atoms with van der Waals surface area (Å²) in [7, 11) is 0. The predicted molar refractivity (Wildman–Crippen MR) is 240 cm³/mol. The van der Waals surface area contributed by atoms with Crippen LogP contribution in [0, 0.1) is 0 Å². The van der Waals surface area contributed by atoms with Gasteiger partial charge >= 0.3 is 0 Å². The van der Waals surface area contributed by atoms with E-state index in [9.17, 15) is 0 Å². The van der Waals surface area contributed by atoms with Gasteiger partial charge in [-0.05, 0) is 118 Å². The molecule has 0 heterocycles. The van der Waals surface area contributed by atoms with Crippen molar-refractivity contribution >= 4 is 60.2 Å². The minimum Gasteiger partial charge on any atom is -0.310 e. The van der Waals surface area contributed by atoms with E-state index in [0.29, 0.717) is 0 Å². The van der Waals surface area contributed by atoms with Crippen molar-refractivity contribution in [3.8, 4) is 33.4 Å². The fourth-order valence-corrected chi connectivity index (χ4v) is 9.63. The molecule has 10 aromatic rings. The van der Waals surface area contributed by atoms with Gasteiger partial charge in [0, 0.05) is 16.8 Å². The molecule has 264 valence electrons. The van der Waals surface area contributed by atoms with Crippen molar-refractivity contribution in [3.05, 3.63) is 211 Å². The van der Waals surface area contributed by atoms with Crippen LogP contribution >= 0.6 is 0 Å². The Morgan fingerprint density at radius 1 is 0.357 bits per heavy atom. The monoisotopic (exact) mass is 713 g/mol. The fourth-order valence-electron chi connectivity index (χ4n) is 9.63. The third-order valence-electron chi connectivity index (χ3n) is 12.2. The Hall–Kier alpha value is -6.96. The third-order valence-corrected chi connectivity index (χ3v) is 12.2. The van der Waals surface area contributed by atoms with Gasteiger partial charge in [-0.3, -0.25) is 0 Å². The lowest BCUT2D eigenvalue weighted by Crippen LogP contribution is -2.20. The Kier molecular flexibility index (Phi) is 7.28. The van der Waals surface area contributed by atoms with Crippen LogP contribution in [0.15, 0.2) is 200 Å². The van der Waals surface area contributed by atoms with Crippen molar-refractivity contribution in [1.82, 2.24) is 0 Å². The predicted octanol–water partition coefficient (Wildman–Crippen LogP) is 15.4. The zero-order valence-corrected chi connectivity index (χ0v) is 31.5. The number of benzene rings is 10.